The van der Waals surface area contributed by atoms with Crippen molar-refractivity contribution < 1.29 is 17.7 Å². The monoisotopic (exact) mass is 914 g/mol. The van der Waals surface area contributed by atoms with Crippen molar-refractivity contribution in [3.8, 4) is 22.3 Å². The van der Waals surface area contributed by atoms with E-state index < -0.39 is 0 Å². The second-order valence-electron chi connectivity index (χ2n) is 22.1. The van der Waals surface area contributed by atoms with Crippen LogP contribution >= 0.6 is 0 Å². The highest BCUT2D eigenvalue weighted by atomic mass is 16.4. The van der Waals surface area contributed by atoms with Gasteiger partial charge in [0.05, 0.1) is 35.3 Å². The second kappa shape index (κ2) is 14.7. The number of rotatable bonds is 4. The summed E-state index contributed by atoms with van der Waals surface area (Å²) in [5.74, 6) is 0. The standard InChI is InChI=1S/C63H55BN2O4/c1-34-24-49-55-50(25-34)66(57-37(4)28-40(29-38(57)5)48-33-68-52-19-15-13-17-44(48)52)59-46-31-42(63(9,10)11)21-23-54(46)70-61(59)64(55)60-58(45-30-41(62(6,7)8)20-22-53(45)69-60)65(49)56-35(2)26-39(27-36(56)3)47-32-67-51-18-14-12-16-43(47)51/h12-33H,1-11H3. The van der Waals surface area contributed by atoms with Gasteiger partial charge in [0, 0.05) is 44.0 Å². The highest BCUT2D eigenvalue weighted by molar-refractivity contribution is 6.99. The Morgan fingerprint density at radius 3 is 1.21 bits per heavy atom. The quantitative estimate of drug-likeness (QED) is 0.164. The van der Waals surface area contributed by atoms with Crippen LogP contribution < -0.4 is 26.6 Å². The topological polar surface area (TPSA) is 59.0 Å². The van der Waals surface area contributed by atoms with Crippen molar-refractivity contribution >= 4 is 101 Å². The lowest BCUT2D eigenvalue weighted by Gasteiger charge is -2.42. The molecule has 0 spiro atoms. The van der Waals surface area contributed by atoms with Gasteiger partial charge in [0.25, 0.3) is 0 Å². The third-order valence-corrected chi connectivity index (χ3v) is 15.1. The van der Waals surface area contributed by atoms with Gasteiger partial charge in [-0.1, -0.05) is 90.1 Å². The molecule has 0 N–H and O–H groups in total. The fourth-order valence-electron chi connectivity index (χ4n) is 11.8. The van der Waals surface area contributed by atoms with E-state index in [1.165, 1.54) is 11.1 Å². The third-order valence-electron chi connectivity index (χ3n) is 15.1. The van der Waals surface area contributed by atoms with Gasteiger partial charge in [-0.05, 0) is 174 Å². The molecule has 6 heterocycles. The van der Waals surface area contributed by atoms with E-state index in [2.05, 4.69) is 183 Å². The van der Waals surface area contributed by atoms with E-state index >= 15 is 0 Å². The largest absolute Gasteiger partial charge is 0.468 e. The average molecular weight is 915 g/mol. The maximum atomic E-state index is 7.37. The Kier molecular flexibility index (Phi) is 8.91. The summed E-state index contributed by atoms with van der Waals surface area (Å²) in [5.41, 5.74) is 25.6. The minimum Gasteiger partial charge on any atom is -0.468 e. The van der Waals surface area contributed by atoms with Crippen LogP contribution in [0.4, 0.5) is 34.1 Å². The molecule has 2 aliphatic rings. The van der Waals surface area contributed by atoms with Gasteiger partial charge < -0.3 is 27.5 Å². The van der Waals surface area contributed by atoms with Crippen molar-refractivity contribution in [1.29, 1.82) is 0 Å². The van der Waals surface area contributed by atoms with Crippen molar-refractivity contribution in [2.24, 2.45) is 0 Å². The molecule has 0 aliphatic carbocycles. The van der Waals surface area contributed by atoms with Crippen LogP contribution in [0.2, 0.25) is 0 Å². The Morgan fingerprint density at radius 2 is 0.814 bits per heavy atom. The lowest BCUT2D eigenvalue weighted by Crippen LogP contribution is -2.60. The maximum absolute atomic E-state index is 7.37. The minimum absolute atomic E-state index is 0.0850. The Bertz CT molecular complexity index is 3710. The molecule has 2 aliphatic heterocycles. The number of nitrogens with zero attached hydrogens (tertiary/aromatic N) is 2. The molecule has 6 nitrogen and oxygen atoms in total. The van der Waals surface area contributed by atoms with Crippen LogP contribution in [0.1, 0.15) is 80.5 Å². The van der Waals surface area contributed by atoms with E-state index in [9.17, 15) is 0 Å². The number of para-hydroxylation sites is 2. The molecule has 0 amide bonds. The fourth-order valence-corrected chi connectivity index (χ4v) is 11.8. The summed E-state index contributed by atoms with van der Waals surface area (Å²) < 4.78 is 26.9. The molecule has 0 saturated carbocycles. The predicted molar refractivity (Wildman–Crippen MR) is 292 cm³/mol. The number of hydrogen-bond acceptors (Lipinski definition) is 6. The van der Waals surface area contributed by atoms with Gasteiger partial charge in [0.2, 0.25) is 0 Å². The molecular formula is C63H55BN2O4. The van der Waals surface area contributed by atoms with Crippen LogP contribution in [-0.4, -0.2) is 6.71 Å². The summed E-state index contributed by atoms with van der Waals surface area (Å²) in [6.45, 7) is 24.6. The van der Waals surface area contributed by atoms with Crippen molar-refractivity contribution in [1.82, 2.24) is 0 Å². The first-order valence-electron chi connectivity index (χ1n) is 24.6. The number of fused-ring (bicyclic) bond motifs is 10. The predicted octanol–water partition coefficient (Wildman–Crippen LogP) is 16.2. The molecular weight excluding hydrogens is 860 g/mol. The third kappa shape index (κ3) is 6.13. The number of benzene rings is 7. The van der Waals surface area contributed by atoms with Gasteiger partial charge in [-0.25, -0.2) is 0 Å². The van der Waals surface area contributed by atoms with Crippen molar-refractivity contribution in [2.45, 2.75) is 87.0 Å². The van der Waals surface area contributed by atoms with Gasteiger partial charge in [-0.2, -0.15) is 0 Å². The Hall–Kier alpha value is -7.64. The first kappa shape index (κ1) is 42.5. The molecule has 4 aromatic heterocycles. The lowest BCUT2D eigenvalue weighted by atomic mass is 9.37. The van der Waals surface area contributed by atoms with Crippen LogP contribution in [0.25, 0.3) is 66.1 Å². The van der Waals surface area contributed by atoms with E-state index in [0.717, 1.165) is 145 Å². The molecule has 13 rings (SSSR count). The summed E-state index contributed by atoms with van der Waals surface area (Å²) in [4.78, 5) is 5.04. The van der Waals surface area contributed by atoms with Crippen LogP contribution in [0.3, 0.4) is 0 Å². The molecule has 0 fully saturated rings. The smallest absolute Gasteiger partial charge is 0.342 e. The summed E-state index contributed by atoms with van der Waals surface area (Å²) >= 11 is 0. The zero-order valence-corrected chi connectivity index (χ0v) is 41.8. The van der Waals surface area contributed by atoms with E-state index in [0.29, 0.717) is 0 Å². The molecule has 0 atom stereocenters. The Morgan fingerprint density at radius 1 is 0.414 bits per heavy atom. The van der Waals surface area contributed by atoms with Crippen LogP contribution in [-0.2, 0) is 10.8 Å². The average Bonchev–Trinajstić information content (AvgIpc) is 4.12. The van der Waals surface area contributed by atoms with Gasteiger partial charge >= 0.3 is 6.71 Å². The normalized spacial score (nSPS) is 13.6. The number of furan rings is 4. The maximum Gasteiger partial charge on any atom is 0.342 e. The highest BCUT2D eigenvalue weighted by Gasteiger charge is 2.50. The molecule has 0 bridgehead atoms. The summed E-state index contributed by atoms with van der Waals surface area (Å²) in [6.07, 6.45) is 3.79. The van der Waals surface area contributed by atoms with Crippen LogP contribution in [0.5, 0.6) is 0 Å². The lowest BCUT2D eigenvalue weighted by molar-refractivity contribution is 0.590. The molecule has 11 aromatic rings. The van der Waals surface area contributed by atoms with Crippen molar-refractivity contribution in [3.63, 3.8) is 0 Å². The summed E-state index contributed by atoms with van der Waals surface area (Å²) in [5, 5.41) is 4.38. The van der Waals surface area contributed by atoms with Crippen molar-refractivity contribution in [2.75, 3.05) is 9.80 Å². The number of hydrogen-bond donors (Lipinski definition) is 0. The fraction of sp³-hybridized carbons (Fsp3) is 0.206. The number of anilines is 6. The van der Waals surface area contributed by atoms with E-state index in [-0.39, 0.29) is 17.5 Å². The Balaban J connectivity index is 1.12. The number of aryl methyl sites for hydroxylation is 5. The molecule has 7 aromatic carbocycles. The molecule has 0 unspecified atom stereocenters. The molecule has 7 heteroatoms. The van der Waals surface area contributed by atoms with E-state index in [1.807, 2.05) is 36.8 Å². The van der Waals surface area contributed by atoms with Crippen molar-refractivity contribution in [3.05, 3.63) is 173 Å². The van der Waals surface area contributed by atoms with Gasteiger partial charge in [0.15, 0.2) is 0 Å². The highest BCUT2D eigenvalue weighted by Crippen LogP contribution is 2.52. The van der Waals surface area contributed by atoms with Gasteiger partial charge in [-0.15, -0.1) is 0 Å². The van der Waals surface area contributed by atoms with E-state index in [1.54, 1.807) is 0 Å². The first-order chi connectivity index (χ1) is 33.5. The molecule has 0 saturated heterocycles. The molecule has 0 radical (unpaired) electrons. The Labute approximate surface area is 409 Å². The summed E-state index contributed by atoms with van der Waals surface area (Å²) in [6, 6.07) is 44.2. The summed E-state index contributed by atoms with van der Waals surface area (Å²) in [7, 11) is 0. The zero-order chi connectivity index (χ0) is 48.3. The van der Waals surface area contributed by atoms with Crippen LogP contribution in [0.15, 0.2) is 152 Å². The first-order valence-corrected chi connectivity index (χ1v) is 24.6. The minimum atomic E-state index is -0.339. The molecule has 70 heavy (non-hydrogen) atoms. The van der Waals surface area contributed by atoms with Crippen LogP contribution in [0, 0.1) is 34.6 Å². The molecule has 344 valence electrons. The SMILES string of the molecule is Cc1cc2c3c(c1)N(c1c(C)cc(-c4coc5ccccc45)cc1C)c1c(oc4ccc(C(C)(C)C)cc14)B3c1oc3ccc(C(C)(C)C)cc3c1N2c1c(C)cc(-c2coc3ccccc23)cc1C. The van der Waals surface area contributed by atoms with Gasteiger partial charge in [-0.3, -0.25) is 0 Å². The van der Waals surface area contributed by atoms with E-state index in [4.69, 9.17) is 17.7 Å². The second-order valence-corrected chi connectivity index (χ2v) is 22.1. The zero-order valence-electron chi connectivity index (χ0n) is 41.8. The van der Waals surface area contributed by atoms with Gasteiger partial charge in [0.1, 0.15) is 33.7 Å².